The van der Waals surface area contributed by atoms with Crippen molar-refractivity contribution in [1.29, 1.82) is 0 Å². The Morgan fingerprint density at radius 3 is 3.00 bits per heavy atom. The molecule has 0 aliphatic carbocycles. The first-order valence-corrected chi connectivity index (χ1v) is 3.91. The van der Waals surface area contributed by atoms with Gasteiger partial charge in [0.15, 0.2) is 5.78 Å². The van der Waals surface area contributed by atoms with Crippen molar-refractivity contribution in [3.63, 3.8) is 0 Å². The molecule has 0 unspecified atom stereocenters. The number of nitrogens with one attached hydrogen (secondary N) is 1. The average molecular weight is 151 g/mol. The van der Waals surface area contributed by atoms with Crippen molar-refractivity contribution >= 4 is 5.78 Å². The largest absolute Gasteiger partial charge is 0.381 e. The summed E-state index contributed by atoms with van der Waals surface area (Å²) in [5.41, 5.74) is 0.902. The van der Waals surface area contributed by atoms with Crippen LogP contribution in [0.1, 0.15) is 20.3 Å². The number of carbonyl (C=O) groups is 1. The Morgan fingerprint density at radius 2 is 2.36 bits per heavy atom. The molecule has 0 saturated heterocycles. The van der Waals surface area contributed by atoms with Gasteiger partial charge in [-0.3, -0.25) is 4.79 Å². The maximum Gasteiger partial charge on any atom is 0.180 e. The van der Waals surface area contributed by atoms with Crippen LogP contribution in [-0.4, -0.2) is 11.8 Å². The zero-order valence-electron chi connectivity index (χ0n) is 6.92. The molecule has 0 aromatic rings. The van der Waals surface area contributed by atoms with Gasteiger partial charge >= 0.3 is 0 Å². The summed E-state index contributed by atoms with van der Waals surface area (Å²) in [6, 6.07) is -0.0695. The van der Waals surface area contributed by atoms with Crippen LogP contribution < -0.4 is 5.32 Å². The van der Waals surface area contributed by atoms with E-state index in [1.54, 1.807) is 0 Å². The lowest BCUT2D eigenvalue weighted by molar-refractivity contribution is -0.116. The van der Waals surface area contributed by atoms with E-state index in [0.29, 0.717) is 0 Å². The summed E-state index contributed by atoms with van der Waals surface area (Å²) in [7, 11) is 0. The Bertz CT molecular complexity index is 216. The van der Waals surface area contributed by atoms with Gasteiger partial charge < -0.3 is 5.32 Å². The number of carbonyl (C=O) groups excluding carboxylic acids is 1. The van der Waals surface area contributed by atoms with Crippen LogP contribution in [0.25, 0.3) is 0 Å². The van der Waals surface area contributed by atoms with Gasteiger partial charge in [-0.2, -0.15) is 0 Å². The zero-order valence-corrected chi connectivity index (χ0v) is 6.92. The molecule has 1 atom stereocenters. The Hall–Kier alpha value is -1.05. The fourth-order valence-electron chi connectivity index (χ4n) is 1.09. The third-order valence-corrected chi connectivity index (χ3v) is 1.83. The Labute approximate surface area is 67.0 Å². The van der Waals surface area contributed by atoms with Crippen molar-refractivity contribution in [2.24, 2.45) is 0 Å². The Kier molecular flexibility index (Phi) is 2.47. The molecule has 60 valence electrons. The lowest BCUT2D eigenvalue weighted by Gasteiger charge is -2.09. The average Bonchev–Trinajstić information content (AvgIpc) is 2.16. The second-order valence-electron chi connectivity index (χ2n) is 2.66. The van der Waals surface area contributed by atoms with Crippen molar-refractivity contribution in [3.8, 4) is 0 Å². The maximum atomic E-state index is 11.4. The molecule has 1 heterocycles. The van der Waals surface area contributed by atoms with Crippen LogP contribution in [0.4, 0.5) is 0 Å². The number of hydrogen-bond acceptors (Lipinski definition) is 2. The highest BCUT2D eigenvalue weighted by Crippen LogP contribution is 2.07. The van der Waals surface area contributed by atoms with Gasteiger partial charge in [-0.05, 0) is 31.2 Å². The Balaban J connectivity index is 2.82. The molecule has 1 aliphatic heterocycles. The molecule has 0 aromatic carbocycles. The maximum absolute atomic E-state index is 11.4. The molecule has 0 aromatic heterocycles. The van der Waals surface area contributed by atoms with Gasteiger partial charge in [0.1, 0.15) is 0 Å². The van der Waals surface area contributed by atoms with Crippen molar-refractivity contribution in [2.45, 2.75) is 26.3 Å². The van der Waals surface area contributed by atoms with Gasteiger partial charge in [0.2, 0.25) is 0 Å². The van der Waals surface area contributed by atoms with E-state index in [4.69, 9.17) is 0 Å². The van der Waals surface area contributed by atoms with Crippen molar-refractivity contribution in [1.82, 2.24) is 5.32 Å². The smallest absolute Gasteiger partial charge is 0.180 e. The highest BCUT2D eigenvalue weighted by molar-refractivity contribution is 5.99. The SMILES string of the molecule is CCC1=CC=CN[C@H](C)C1=O. The first-order chi connectivity index (χ1) is 5.25. The summed E-state index contributed by atoms with van der Waals surface area (Å²) < 4.78 is 0. The van der Waals surface area contributed by atoms with E-state index in [9.17, 15) is 4.79 Å². The summed E-state index contributed by atoms with van der Waals surface area (Å²) in [4.78, 5) is 11.4. The highest BCUT2D eigenvalue weighted by Gasteiger charge is 2.15. The number of rotatable bonds is 1. The molecule has 1 rings (SSSR count). The minimum atomic E-state index is -0.0695. The van der Waals surface area contributed by atoms with Crippen molar-refractivity contribution in [3.05, 3.63) is 23.9 Å². The van der Waals surface area contributed by atoms with Crippen LogP contribution in [0.3, 0.4) is 0 Å². The third-order valence-electron chi connectivity index (χ3n) is 1.83. The van der Waals surface area contributed by atoms with Crippen molar-refractivity contribution in [2.75, 3.05) is 0 Å². The molecule has 1 aliphatic rings. The van der Waals surface area contributed by atoms with Crippen molar-refractivity contribution < 1.29 is 4.79 Å². The van der Waals surface area contributed by atoms with E-state index in [0.717, 1.165) is 12.0 Å². The minimum absolute atomic E-state index is 0.0695. The van der Waals surface area contributed by atoms with E-state index in [-0.39, 0.29) is 11.8 Å². The van der Waals surface area contributed by atoms with Gasteiger partial charge in [-0.15, -0.1) is 0 Å². The van der Waals surface area contributed by atoms with Crippen LogP contribution in [0, 0.1) is 0 Å². The topological polar surface area (TPSA) is 29.1 Å². The molecule has 0 radical (unpaired) electrons. The first-order valence-electron chi connectivity index (χ1n) is 3.91. The second-order valence-corrected chi connectivity index (χ2v) is 2.66. The molecule has 1 N–H and O–H groups in total. The van der Waals surface area contributed by atoms with Gasteiger partial charge in [0, 0.05) is 0 Å². The molecular formula is C9H13NO. The number of hydrogen-bond donors (Lipinski definition) is 1. The van der Waals surface area contributed by atoms with Gasteiger partial charge in [0.25, 0.3) is 0 Å². The summed E-state index contributed by atoms with van der Waals surface area (Å²) in [6.07, 6.45) is 6.37. The van der Waals surface area contributed by atoms with Crippen LogP contribution in [0.5, 0.6) is 0 Å². The zero-order chi connectivity index (χ0) is 8.27. The summed E-state index contributed by atoms with van der Waals surface area (Å²) in [5.74, 6) is 0.206. The number of allylic oxidation sites excluding steroid dienone is 2. The standard InChI is InChI=1S/C9H13NO/c1-3-8-5-4-6-10-7(2)9(8)11/h4-7,10H,3H2,1-2H3/t7-/m1/s1. The number of Topliss-reactive ketones (excluding diaryl/α,β-unsaturated/α-hetero) is 1. The fourth-order valence-corrected chi connectivity index (χ4v) is 1.09. The van der Waals surface area contributed by atoms with Crippen LogP contribution in [-0.2, 0) is 4.79 Å². The van der Waals surface area contributed by atoms with Gasteiger partial charge in [-0.25, -0.2) is 0 Å². The second kappa shape index (κ2) is 3.37. The quantitative estimate of drug-likeness (QED) is 0.613. The molecule has 0 amide bonds. The molecule has 2 nitrogen and oxygen atoms in total. The van der Waals surface area contributed by atoms with Crippen LogP contribution >= 0.6 is 0 Å². The summed E-state index contributed by atoms with van der Waals surface area (Å²) >= 11 is 0. The lowest BCUT2D eigenvalue weighted by atomic mass is 10.0. The predicted molar refractivity (Wildman–Crippen MR) is 45.1 cm³/mol. The van der Waals surface area contributed by atoms with Gasteiger partial charge in [0.05, 0.1) is 6.04 Å². The summed E-state index contributed by atoms with van der Waals surface area (Å²) in [5, 5.41) is 2.98. The van der Waals surface area contributed by atoms with E-state index in [1.807, 2.05) is 32.2 Å². The fraction of sp³-hybridized carbons (Fsp3) is 0.444. The Morgan fingerprint density at radius 1 is 1.64 bits per heavy atom. The van der Waals surface area contributed by atoms with Gasteiger partial charge in [-0.1, -0.05) is 13.0 Å². The predicted octanol–water partition coefficient (Wildman–Crippen LogP) is 1.40. The molecule has 11 heavy (non-hydrogen) atoms. The molecule has 2 heteroatoms. The molecule has 0 fully saturated rings. The normalized spacial score (nSPS) is 24.0. The third kappa shape index (κ3) is 1.70. The lowest BCUT2D eigenvalue weighted by Crippen LogP contribution is -2.29. The highest BCUT2D eigenvalue weighted by atomic mass is 16.1. The van der Waals surface area contributed by atoms with Crippen LogP contribution in [0.2, 0.25) is 0 Å². The molecule has 0 saturated carbocycles. The molecule has 0 spiro atoms. The van der Waals surface area contributed by atoms with E-state index in [2.05, 4.69) is 5.32 Å². The van der Waals surface area contributed by atoms with E-state index >= 15 is 0 Å². The van der Waals surface area contributed by atoms with Crippen LogP contribution in [0.15, 0.2) is 23.9 Å². The number of ketones is 1. The summed E-state index contributed by atoms with van der Waals surface area (Å²) in [6.45, 7) is 3.87. The minimum Gasteiger partial charge on any atom is -0.381 e. The first kappa shape index (κ1) is 8.05. The molecule has 0 bridgehead atoms. The van der Waals surface area contributed by atoms with E-state index < -0.39 is 0 Å². The monoisotopic (exact) mass is 151 g/mol. The van der Waals surface area contributed by atoms with E-state index in [1.165, 1.54) is 0 Å². The molecular weight excluding hydrogens is 138 g/mol.